The Bertz CT molecular complexity index is 262. The van der Waals surface area contributed by atoms with E-state index < -0.39 is 0 Å². The summed E-state index contributed by atoms with van der Waals surface area (Å²) in [6.45, 7) is 11.3. The first-order chi connectivity index (χ1) is 8.54. The molecule has 1 heterocycles. The van der Waals surface area contributed by atoms with Crippen molar-refractivity contribution in [2.45, 2.75) is 58.9 Å². The van der Waals surface area contributed by atoms with Crippen molar-refractivity contribution < 1.29 is 0 Å². The van der Waals surface area contributed by atoms with Crippen molar-refractivity contribution in [2.75, 3.05) is 26.7 Å². The van der Waals surface area contributed by atoms with Crippen LogP contribution in [0.15, 0.2) is 0 Å². The predicted octanol–water partition coefficient (Wildman–Crippen LogP) is 3.13. The molecule has 1 aliphatic heterocycles. The summed E-state index contributed by atoms with van der Waals surface area (Å²) in [6, 6.07) is 0.749. The van der Waals surface area contributed by atoms with E-state index in [0.29, 0.717) is 5.41 Å². The molecular formula is C16H32N2. The van der Waals surface area contributed by atoms with Crippen molar-refractivity contribution in [2.24, 2.45) is 17.3 Å². The van der Waals surface area contributed by atoms with Gasteiger partial charge in [-0.25, -0.2) is 0 Å². The van der Waals surface area contributed by atoms with Gasteiger partial charge in [-0.2, -0.15) is 0 Å². The zero-order chi connectivity index (χ0) is 13.2. The average Bonchev–Trinajstić information content (AvgIpc) is 2.76. The number of nitrogens with zero attached hydrogens (tertiary/aromatic N) is 1. The second-order valence-electron chi connectivity index (χ2n) is 7.38. The van der Waals surface area contributed by atoms with E-state index in [0.717, 1.165) is 17.9 Å². The molecule has 0 aromatic rings. The number of nitrogens with one attached hydrogen (secondary N) is 1. The third-order valence-corrected chi connectivity index (χ3v) is 5.33. The van der Waals surface area contributed by atoms with E-state index in [2.05, 4.69) is 38.0 Å². The van der Waals surface area contributed by atoms with Crippen molar-refractivity contribution in [3.63, 3.8) is 0 Å². The summed E-state index contributed by atoms with van der Waals surface area (Å²) in [5, 5.41) is 3.56. The monoisotopic (exact) mass is 252 g/mol. The Morgan fingerprint density at radius 3 is 2.67 bits per heavy atom. The summed E-state index contributed by atoms with van der Waals surface area (Å²) >= 11 is 0. The Kier molecular flexibility index (Phi) is 4.71. The Morgan fingerprint density at radius 2 is 2.06 bits per heavy atom. The van der Waals surface area contributed by atoms with Crippen LogP contribution in [0.5, 0.6) is 0 Å². The molecule has 0 radical (unpaired) electrons. The Hall–Kier alpha value is -0.0800. The van der Waals surface area contributed by atoms with Crippen LogP contribution in [0.1, 0.15) is 52.9 Å². The van der Waals surface area contributed by atoms with Crippen LogP contribution >= 0.6 is 0 Å². The lowest BCUT2D eigenvalue weighted by Gasteiger charge is -2.42. The van der Waals surface area contributed by atoms with Gasteiger partial charge in [0, 0.05) is 19.1 Å². The molecule has 2 rings (SSSR count). The van der Waals surface area contributed by atoms with Crippen LogP contribution in [0.2, 0.25) is 0 Å². The highest BCUT2D eigenvalue weighted by atomic mass is 15.2. The van der Waals surface area contributed by atoms with Crippen molar-refractivity contribution >= 4 is 0 Å². The first kappa shape index (κ1) is 14.3. The quantitative estimate of drug-likeness (QED) is 0.827. The second kappa shape index (κ2) is 5.92. The lowest BCUT2D eigenvalue weighted by Crippen LogP contribution is -2.46. The maximum Gasteiger partial charge on any atom is 0.0105 e. The molecule has 0 spiro atoms. The smallest absolute Gasteiger partial charge is 0.0105 e. The van der Waals surface area contributed by atoms with Crippen LogP contribution in [0.4, 0.5) is 0 Å². The van der Waals surface area contributed by atoms with Crippen LogP contribution in [-0.2, 0) is 0 Å². The molecule has 1 aliphatic carbocycles. The van der Waals surface area contributed by atoms with Gasteiger partial charge < -0.3 is 10.2 Å². The number of rotatable bonds is 4. The molecule has 3 unspecified atom stereocenters. The predicted molar refractivity (Wildman–Crippen MR) is 78.8 cm³/mol. The van der Waals surface area contributed by atoms with Crippen molar-refractivity contribution in [1.82, 2.24) is 10.2 Å². The molecule has 3 atom stereocenters. The largest absolute Gasteiger partial charge is 0.317 e. The van der Waals surface area contributed by atoms with Gasteiger partial charge in [-0.05, 0) is 56.5 Å². The molecule has 0 aromatic heterocycles. The van der Waals surface area contributed by atoms with Gasteiger partial charge in [0.15, 0.2) is 0 Å². The molecule has 106 valence electrons. The zero-order valence-electron chi connectivity index (χ0n) is 12.8. The van der Waals surface area contributed by atoms with E-state index in [1.807, 2.05) is 0 Å². The highest BCUT2D eigenvalue weighted by Crippen LogP contribution is 2.39. The topological polar surface area (TPSA) is 15.3 Å². The van der Waals surface area contributed by atoms with Gasteiger partial charge in [-0.3, -0.25) is 0 Å². The van der Waals surface area contributed by atoms with Crippen LogP contribution < -0.4 is 5.32 Å². The molecule has 1 saturated heterocycles. The molecule has 0 bridgehead atoms. The lowest BCUT2D eigenvalue weighted by molar-refractivity contribution is 0.110. The summed E-state index contributed by atoms with van der Waals surface area (Å²) in [7, 11) is 2.15. The highest BCUT2D eigenvalue weighted by molar-refractivity contribution is 4.90. The van der Waals surface area contributed by atoms with Gasteiger partial charge in [0.1, 0.15) is 0 Å². The molecule has 1 N–H and O–H groups in total. The summed E-state index contributed by atoms with van der Waals surface area (Å²) in [4.78, 5) is 2.73. The van der Waals surface area contributed by atoms with Crippen molar-refractivity contribution in [3.05, 3.63) is 0 Å². The Balaban J connectivity index is 1.89. The van der Waals surface area contributed by atoms with E-state index in [-0.39, 0.29) is 0 Å². The minimum absolute atomic E-state index is 0.557. The molecule has 2 nitrogen and oxygen atoms in total. The van der Waals surface area contributed by atoms with E-state index in [1.54, 1.807) is 0 Å². The second-order valence-corrected chi connectivity index (χ2v) is 7.38. The van der Waals surface area contributed by atoms with E-state index in [9.17, 15) is 0 Å². The summed E-state index contributed by atoms with van der Waals surface area (Å²) in [5.41, 5.74) is 0.557. The molecule has 0 amide bonds. The van der Waals surface area contributed by atoms with Gasteiger partial charge >= 0.3 is 0 Å². The zero-order valence-corrected chi connectivity index (χ0v) is 12.8. The number of hydrogen-bond acceptors (Lipinski definition) is 2. The fourth-order valence-corrected chi connectivity index (χ4v) is 4.05. The van der Waals surface area contributed by atoms with E-state index >= 15 is 0 Å². The first-order valence-electron chi connectivity index (χ1n) is 7.93. The fourth-order valence-electron chi connectivity index (χ4n) is 4.05. The highest BCUT2D eigenvalue weighted by Gasteiger charge is 2.35. The number of likely N-dealkylation sites (tertiary alicyclic amines) is 1. The van der Waals surface area contributed by atoms with Crippen molar-refractivity contribution in [3.8, 4) is 0 Å². The normalized spacial score (nSPS) is 37.0. The SMILES string of the molecule is CCC1CCN(CC2CC(C)(C)CCC2NC)C1. The van der Waals surface area contributed by atoms with Crippen LogP contribution in [0, 0.1) is 17.3 Å². The minimum Gasteiger partial charge on any atom is -0.317 e. The maximum atomic E-state index is 3.56. The molecule has 2 heteroatoms. The summed E-state index contributed by atoms with van der Waals surface area (Å²) in [6.07, 6.45) is 6.93. The number of hydrogen-bond donors (Lipinski definition) is 1. The molecule has 2 aliphatic rings. The van der Waals surface area contributed by atoms with Gasteiger partial charge in [0.05, 0.1) is 0 Å². The van der Waals surface area contributed by atoms with Crippen LogP contribution in [0.3, 0.4) is 0 Å². The van der Waals surface area contributed by atoms with Crippen molar-refractivity contribution in [1.29, 1.82) is 0 Å². The maximum absolute atomic E-state index is 3.56. The third-order valence-electron chi connectivity index (χ3n) is 5.33. The molecule has 0 aromatic carbocycles. The molecule has 1 saturated carbocycles. The Labute approximate surface area is 114 Å². The summed E-state index contributed by atoms with van der Waals surface area (Å²) < 4.78 is 0. The third kappa shape index (κ3) is 3.48. The van der Waals surface area contributed by atoms with Crippen LogP contribution in [-0.4, -0.2) is 37.6 Å². The van der Waals surface area contributed by atoms with Gasteiger partial charge in [0.2, 0.25) is 0 Å². The minimum atomic E-state index is 0.557. The standard InChI is InChI=1S/C16H32N2/c1-5-13-7-9-18(11-13)12-14-10-16(2,3)8-6-15(14)17-4/h13-15,17H,5-12H2,1-4H3. The average molecular weight is 252 g/mol. The molecule has 2 fully saturated rings. The van der Waals surface area contributed by atoms with Crippen LogP contribution in [0.25, 0.3) is 0 Å². The first-order valence-corrected chi connectivity index (χ1v) is 7.93. The lowest BCUT2D eigenvalue weighted by atomic mass is 9.69. The summed E-state index contributed by atoms with van der Waals surface area (Å²) in [5.74, 6) is 1.82. The van der Waals surface area contributed by atoms with E-state index in [1.165, 1.54) is 51.7 Å². The van der Waals surface area contributed by atoms with E-state index in [4.69, 9.17) is 0 Å². The fraction of sp³-hybridized carbons (Fsp3) is 1.00. The van der Waals surface area contributed by atoms with Gasteiger partial charge in [0.25, 0.3) is 0 Å². The van der Waals surface area contributed by atoms with Gasteiger partial charge in [-0.1, -0.05) is 27.2 Å². The molecular weight excluding hydrogens is 220 g/mol. The Morgan fingerprint density at radius 1 is 1.28 bits per heavy atom. The van der Waals surface area contributed by atoms with Gasteiger partial charge in [-0.15, -0.1) is 0 Å². The molecule has 18 heavy (non-hydrogen) atoms.